The number of aliphatic carboxylic acids is 1. The fourth-order valence-electron chi connectivity index (χ4n) is 7.09. The van der Waals surface area contributed by atoms with Crippen molar-refractivity contribution >= 4 is 51.6 Å². The van der Waals surface area contributed by atoms with Gasteiger partial charge < -0.3 is 41.8 Å². The summed E-state index contributed by atoms with van der Waals surface area (Å²) in [5.41, 5.74) is 10.3. The first-order valence-corrected chi connectivity index (χ1v) is 24.0. The molecule has 0 aliphatic heterocycles. The first-order valence-electron chi connectivity index (χ1n) is 24.0. The fourth-order valence-corrected chi connectivity index (χ4v) is 7.09. The molecule has 5 aromatic carbocycles. The molecule has 2 amide bonds. The molecule has 3 atom stereocenters. The molecule has 0 bridgehead atoms. The molecule has 76 heavy (non-hydrogen) atoms. The highest BCUT2D eigenvalue weighted by atomic mass is 19.1. The van der Waals surface area contributed by atoms with Gasteiger partial charge in [0.1, 0.15) is 62.7 Å². The summed E-state index contributed by atoms with van der Waals surface area (Å²) in [6.45, 7) is 15.9. The van der Waals surface area contributed by atoms with E-state index in [1.165, 1.54) is 45.5 Å². The number of nitrogens with one attached hydrogen (secondary N) is 2. The zero-order chi connectivity index (χ0) is 56.7. The fraction of sp³-hybridized carbons (Fsp3) is 0.309. The molecule has 0 aliphatic carbocycles. The molecule has 0 aliphatic rings. The third kappa shape index (κ3) is 16.2. The molecule has 0 saturated heterocycles. The number of amides is 2. The van der Waals surface area contributed by atoms with Crippen molar-refractivity contribution in [1.29, 1.82) is 0 Å². The molecule has 7 aromatic rings. The maximum absolute atomic E-state index is 14.4. The van der Waals surface area contributed by atoms with Gasteiger partial charge in [0.25, 0.3) is 11.1 Å². The number of halogens is 3. The molecule has 7 rings (SSSR count). The largest absolute Gasteiger partial charge is 0.480 e. The number of aromatic nitrogens is 4. The highest BCUT2D eigenvalue weighted by Crippen LogP contribution is 2.24. The number of carboxylic acids is 2. The van der Waals surface area contributed by atoms with E-state index in [2.05, 4.69) is 20.6 Å². The van der Waals surface area contributed by atoms with Crippen LogP contribution in [0.3, 0.4) is 0 Å². The minimum Gasteiger partial charge on any atom is -0.480 e. The van der Waals surface area contributed by atoms with Gasteiger partial charge in [-0.1, -0.05) is 75.4 Å². The van der Waals surface area contributed by atoms with Crippen LogP contribution in [0.4, 0.5) is 28.4 Å². The summed E-state index contributed by atoms with van der Waals surface area (Å²) in [6, 6.07) is 28.5. The van der Waals surface area contributed by atoms with Crippen LogP contribution in [0.2, 0.25) is 0 Å². The molecule has 18 nitrogen and oxygen atoms in total. The third-order valence-electron chi connectivity index (χ3n) is 10.6. The number of nitrogens with zero attached hydrogens (tertiary/aromatic N) is 4. The van der Waals surface area contributed by atoms with Crippen molar-refractivity contribution in [2.45, 2.75) is 111 Å². The Balaban J connectivity index is 0.000000234. The van der Waals surface area contributed by atoms with E-state index in [0.717, 1.165) is 6.07 Å². The molecule has 2 heterocycles. The summed E-state index contributed by atoms with van der Waals surface area (Å²) >= 11 is 0. The smallest absolute Gasteiger partial charge is 0.408 e. The van der Waals surface area contributed by atoms with E-state index >= 15 is 0 Å². The lowest BCUT2D eigenvalue weighted by molar-refractivity contribution is -0.139. The van der Waals surface area contributed by atoms with Gasteiger partial charge in [-0.25, -0.2) is 42.3 Å². The first kappa shape index (κ1) is 60.0. The van der Waals surface area contributed by atoms with Crippen LogP contribution in [0.5, 0.6) is 0 Å². The number of carboxylic acid groups (broad SMARTS) is 2. The molecule has 404 valence electrons. The number of carbonyl (C=O) groups is 4. The standard InChI is InChI=1S/C22H24FN3O3.C17H16FN3O.C9H17NO4.C7H6FNO2/c1-5-16(25-21(28)29-22(2,3)4)19-24-17-13-9-12-15(23)18(17)20(27)26(19)14-10-7-6-8-11-14;1-2-13(19)16-20-14-10-6-9-12(18)15(14)17(22)21(16)11-7-4-3-5-8-11;1-5-6(7(11)12)10-8(13)14-9(2,3)4;8-4-2-1-3-5(9)6(4)7(10)11/h6-13,16H,5H2,1-4H3,(H,25,28);3-10,13H,2,19H2,1H3;6H,5H2,1-4H3,(H,10,13)(H,11,12);1-3H,9H2,(H,10,11)/t16-;13-;6-;/m000./s1. The molecular weight excluding hydrogens is 990 g/mol. The summed E-state index contributed by atoms with van der Waals surface area (Å²) in [5.74, 6) is -3.67. The molecule has 0 unspecified atom stereocenters. The van der Waals surface area contributed by atoms with Crippen LogP contribution >= 0.6 is 0 Å². The summed E-state index contributed by atoms with van der Waals surface area (Å²) < 4.78 is 54.1. The van der Waals surface area contributed by atoms with Crippen LogP contribution in [0.25, 0.3) is 33.2 Å². The molecule has 8 N–H and O–H groups in total. The van der Waals surface area contributed by atoms with Crippen molar-refractivity contribution in [3.8, 4) is 11.4 Å². The number of benzene rings is 5. The van der Waals surface area contributed by atoms with Gasteiger partial charge in [0, 0.05) is 5.69 Å². The van der Waals surface area contributed by atoms with Gasteiger partial charge in [-0.3, -0.25) is 18.7 Å². The summed E-state index contributed by atoms with van der Waals surface area (Å²) in [7, 11) is 0. The predicted octanol–water partition coefficient (Wildman–Crippen LogP) is 9.92. The zero-order valence-corrected chi connectivity index (χ0v) is 43.6. The van der Waals surface area contributed by atoms with E-state index in [0.29, 0.717) is 47.8 Å². The van der Waals surface area contributed by atoms with Gasteiger partial charge in [-0.15, -0.1) is 0 Å². The van der Waals surface area contributed by atoms with Gasteiger partial charge in [0.05, 0.1) is 34.5 Å². The number of carbonyl (C=O) groups excluding carboxylic acids is 2. The highest BCUT2D eigenvalue weighted by molar-refractivity contribution is 5.93. The average Bonchev–Trinajstić information content (AvgIpc) is 3.34. The molecular formula is C55H63F3N8O10. The van der Waals surface area contributed by atoms with Crippen molar-refractivity contribution in [1.82, 2.24) is 29.7 Å². The number of nitrogen functional groups attached to an aromatic ring is 1. The number of hydrogen-bond acceptors (Lipinski definition) is 12. The second kappa shape index (κ2) is 26.6. The number of nitrogens with two attached hydrogens (primary N) is 2. The molecule has 0 fully saturated rings. The van der Waals surface area contributed by atoms with E-state index in [-0.39, 0.29) is 22.0 Å². The van der Waals surface area contributed by atoms with Crippen LogP contribution in [0.1, 0.15) is 116 Å². The average molecular weight is 1050 g/mol. The maximum atomic E-state index is 14.4. The summed E-state index contributed by atoms with van der Waals surface area (Å²) in [6.07, 6.45) is 0.0953. The summed E-state index contributed by atoms with van der Waals surface area (Å²) in [5, 5.41) is 22.0. The Morgan fingerprint density at radius 2 is 1.01 bits per heavy atom. The van der Waals surface area contributed by atoms with Crippen molar-refractivity contribution < 1.29 is 52.0 Å². The number of fused-ring (bicyclic) bond motifs is 2. The van der Waals surface area contributed by atoms with E-state index in [1.807, 2.05) is 38.1 Å². The second-order valence-corrected chi connectivity index (χ2v) is 18.7. The van der Waals surface area contributed by atoms with Crippen LogP contribution in [0, 0.1) is 17.5 Å². The number of hydrogen-bond donors (Lipinski definition) is 6. The quantitative estimate of drug-likeness (QED) is 0.0658. The molecule has 0 saturated carbocycles. The van der Waals surface area contributed by atoms with Crippen LogP contribution < -0.4 is 33.2 Å². The Morgan fingerprint density at radius 1 is 0.592 bits per heavy atom. The summed E-state index contributed by atoms with van der Waals surface area (Å²) in [4.78, 5) is 79.4. The SMILES string of the molecule is CC[C@H](N)c1nc2cccc(F)c2c(=O)n1-c1ccccc1.CC[C@H](NC(=O)OC(C)(C)C)C(=O)O.CC[C@H](NC(=O)OC(C)(C)C)c1nc2cccc(F)c2c(=O)n1-c1ccccc1.Nc1cccc(F)c1C(=O)O. The minimum atomic E-state index is -1.35. The maximum Gasteiger partial charge on any atom is 0.408 e. The van der Waals surface area contributed by atoms with Gasteiger partial charge in [0.2, 0.25) is 0 Å². The highest BCUT2D eigenvalue weighted by Gasteiger charge is 2.26. The number of rotatable bonds is 11. The molecule has 0 radical (unpaired) electrons. The normalized spacial score (nSPS) is 12.2. The molecule has 21 heteroatoms. The lowest BCUT2D eigenvalue weighted by Crippen LogP contribution is -2.43. The van der Waals surface area contributed by atoms with Gasteiger partial charge >= 0.3 is 24.1 Å². The first-order chi connectivity index (χ1) is 35.7. The number of aromatic carboxylic acids is 1. The third-order valence-corrected chi connectivity index (χ3v) is 10.6. The lowest BCUT2D eigenvalue weighted by Gasteiger charge is -2.24. The molecule has 2 aromatic heterocycles. The monoisotopic (exact) mass is 1050 g/mol. The van der Waals surface area contributed by atoms with Crippen molar-refractivity contribution in [3.05, 3.63) is 171 Å². The van der Waals surface area contributed by atoms with Crippen molar-refractivity contribution in [2.75, 3.05) is 5.73 Å². The Kier molecular flexibility index (Phi) is 21.0. The number of anilines is 1. The van der Waals surface area contributed by atoms with E-state index in [9.17, 15) is 41.9 Å². The number of para-hydroxylation sites is 2. The van der Waals surface area contributed by atoms with Gasteiger partial charge in [-0.2, -0.15) is 0 Å². The molecule has 0 spiro atoms. The van der Waals surface area contributed by atoms with Crippen molar-refractivity contribution in [3.63, 3.8) is 0 Å². The van der Waals surface area contributed by atoms with Gasteiger partial charge in [0.15, 0.2) is 0 Å². The topological polar surface area (TPSA) is 273 Å². The zero-order valence-electron chi connectivity index (χ0n) is 43.6. The Labute approximate surface area is 436 Å². The van der Waals surface area contributed by atoms with Crippen LogP contribution in [-0.2, 0) is 14.3 Å². The predicted molar refractivity (Wildman–Crippen MR) is 283 cm³/mol. The van der Waals surface area contributed by atoms with Crippen molar-refractivity contribution in [2.24, 2.45) is 5.73 Å². The van der Waals surface area contributed by atoms with Crippen LogP contribution in [0.15, 0.2) is 125 Å². The Bertz CT molecular complexity index is 3250. The minimum absolute atomic E-state index is 0.0154. The van der Waals surface area contributed by atoms with E-state index < -0.39 is 87.6 Å². The van der Waals surface area contributed by atoms with E-state index in [4.69, 9.17) is 31.2 Å². The number of ether oxygens (including phenoxy) is 2. The van der Waals surface area contributed by atoms with Gasteiger partial charge in [-0.05, 0) is 121 Å². The lowest BCUT2D eigenvalue weighted by atomic mass is 10.1. The van der Waals surface area contributed by atoms with Crippen LogP contribution in [-0.4, -0.2) is 70.7 Å². The number of alkyl carbamates (subject to hydrolysis) is 2. The Morgan fingerprint density at radius 3 is 1.39 bits per heavy atom. The Hall–Kier alpha value is -8.59. The van der Waals surface area contributed by atoms with E-state index in [1.54, 1.807) is 97.0 Å². The second-order valence-electron chi connectivity index (χ2n) is 18.7.